The Morgan fingerprint density at radius 3 is 1.21 bits per heavy atom. The van der Waals surface area contributed by atoms with Crippen LogP contribution in [0.1, 0.15) is 245 Å². The number of aliphatic hydroxyl groups excluding tert-OH is 1. The van der Waals surface area contributed by atoms with Gasteiger partial charge >= 0.3 is 5.97 Å². The van der Waals surface area contributed by atoms with Crippen molar-refractivity contribution in [1.82, 2.24) is 10.4 Å². The van der Waals surface area contributed by atoms with Crippen LogP contribution in [0.15, 0.2) is 0 Å². The number of amides is 1. The van der Waals surface area contributed by atoms with Gasteiger partial charge in [0.2, 0.25) is 5.91 Å². The number of nitrogens with one attached hydrogen (secondary N) is 1. The molecule has 0 fully saturated rings. The van der Waals surface area contributed by atoms with Gasteiger partial charge in [0.05, 0.1) is 13.0 Å². The molecule has 310 valence electrons. The Morgan fingerprint density at radius 2 is 0.865 bits per heavy atom. The van der Waals surface area contributed by atoms with E-state index in [4.69, 9.17) is 14.7 Å². The van der Waals surface area contributed by atoms with Crippen LogP contribution in [0.5, 0.6) is 0 Å². The third-order valence-electron chi connectivity index (χ3n) is 10.5. The van der Waals surface area contributed by atoms with E-state index in [-0.39, 0.29) is 37.6 Å². The number of rotatable bonds is 43. The van der Waals surface area contributed by atoms with Gasteiger partial charge in [-0.15, -0.1) is 0 Å². The summed E-state index contributed by atoms with van der Waals surface area (Å²) in [6.45, 7) is 5.29. The van der Waals surface area contributed by atoms with E-state index in [1.807, 2.05) is 0 Å². The van der Waals surface area contributed by atoms with Crippen molar-refractivity contribution in [3.8, 4) is 0 Å². The molecule has 0 aromatic heterocycles. The summed E-state index contributed by atoms with van der Waals surface area (Å²) in [6, 6.07) is 0. The zero-order chi connectivity index (χ0) is 38.0. The van der Waals surface area contributed by atoms with Gasteiger partial charge < -0.3 is 15.2 Å². The highest BCUT2D eigenvalue weighted by Gasteiger charge is 2.16. The first-order chi connectivity index (χ1) is 25.5. The molecular weight excluding hydrogens is 649 g/mol. The van der Waals surface area contributed by atoms with Gasteiger partial charge in [0.25, 0.3) is 0 Å². The van der Waals surface area contributed by atoms with Gasteiger partial charge in [-0.25, -0.2) is 0 Å². The first-order valence-electron chi connectivity index (χ1n) is 22.9. The average Bonchev–Trinajstić information content (AvgIpc) is 3.14. The number of carbonyl (C=O) groups excluding carboxylic acids is 2. The predicted octanol–water partition coefficient (Wildman–Crippen LogP) is 12.9. The first-order valence-corrected chi connectivity index (χ1v) is 22.9. The lowest BCUT2D eigenvalue weighted by molar-refractivity contribution is -0.178. The van der Waals surface area contributed by atoms with Gasteiger partial charge in [0, 0.05) is 20.0 Å². The van der Waals surface area contributed by atoms with Crippen molar-refractivity contribution in [3.05, 3.63) is 0 Å². The second kappa shape index (κ2) is 42.6. The van der Waals surface area contributed by atoms with E-state index < -0.39 is 0 Å². The summed E-state index contributed by atoms with van der Waals surface area (Å²) in [5.41, 5.74) is 0. The van der Waals surface area contributed by atoms with Crippen molar-refractivity contribution in [1.29, 1.82) is 0 Å². The Labute approximate surface area is 323 Å². The fraction of sp³-hybridized carbons (Fsp3) is 0.956. The van der Waals surface area contributed by atoms with Gasteiger partial charge in [0.1, 0.15) is 12.8 Å². The molecule has 0 bridgehead atoms. The van der Waals surface area contributed by atoms with Crippen LogP contribution in [0.3, 0.4) is 0 Å². The Bertz CT molecular complexity index is 737. The van der Waals surface area contributed by atoms with Crippen LogP contribution in [0, 0.1) is 0 Å². The maximum Gasteiger partial charge on any atom is 0.306 e. The largest absolute Gasteiger partial charge is 0.462 e. The Morgan fingerprint density at radius 1 is 0.519 bits per heavy atom. The van der Waals surface area contributed by atoms with Crippen LogP contribution in [0.2, 0.25) is 0 Å². The predicted molar refractivity (Wildman–Crippen MR) is 221 cm³/mol. The van der Waals surface area contributed by atoms with E-state index in [1.165, 1.54) is 191 Å². The highest BCUT2D eigenvalue weighted by atomic mass is 16.7. The van der Waals surface area contributed by atoms with Gasteiger partial charge in [-0.3, -0.25) is 14.4 Å². The Kier molecular flexibility index (Phi) is 41.6. The quantitative estimate of drug-likeness (QED) is 0.0280. The molecule has 0 aromatic carbocycles. The second-order valence-electron chi connectivity index (χ2n) is 15.7. The fourth-order valence-corrected chi connectivity index (χ4v) is 7.04. The molecule has 1 unspecified atom stereocenters. The molecule has 0 spiro atoms. The number of esters is 1. The highest BCUT2D eigenvalue weighted by Crippen LogP contribution is 2.19. The zero-order valence-electron chi connectivity index (χ0n) is 35.2. The third-order valence-corrected chi connectivity index (χ3v) is 10.5. The Hall–Kier alpha value is -1.18. The molecule has 0 aliphatic carbocycles. The average molecular weight is 739 g/mol. The smallest absolute Gasteiger partial charge is 0.306 e. The number of hydrogen-bond acceptors (Lipinski definition) is 6. The van der Waals surface area contributed by atoms with E-state index >= 15 is 0 Å². The van der Waals surface area contributed by atoms with Crippen molar-refractivity contribution >= 4 is 11.9 Å². The summed E-state index contributed by atoms with van der Waals surface area (Å²) < 4.78 is 5.96. The number of ether oxygens (including phenoxy) is 1. The van der Waals surface area contributed by atoms with E-state index in [0.29, 0.717) is 19.6 Å². The Balaban J connectivity index is 4.16. The SMILES string of the molecule is CCCCCCCCCCCCCCCCCCC(CCCCCCCCCCCCCCCCC)OC(=O)CCC(=O)NCCCON(C)CO. The summed E-state index contributed by atoms with van der Waals surface area (Å²) in [5.74, 6) is -0.380. The molecule has 0 saturated carbocycles. The lowest BCUT2D eigenvalue weighted by Gasteiger charge is -2.18. The maximum atomic E-state index is 12.7. The number of unbranched alkanes of at least 4 members (excludes halogenated alkanes) is 29. The van der Waals surface area contributed by atoms with Crippen LogP contribution in [0.25, 0.3) is 0 Å². The van der Waals surface area contributed by atoms with Crippen molar-refractivity contribution in [2.45, 2.75) is 251 Å². The van der Waals surface area contributed by atoms with Gasteiger partial charge in [0.15, 0.2) is 0 Å². The van der Waals surface area contributed by atoms with Crippen LogP contribution in [-0.2, 0) is 19.2 Å². The molecule has 52 heavy (non-hydrogen) atoms. The summed E-state index contributed by atoms with van der Waals surface area (Å²) in [6.07, 6.45) is 44.8. The molecule has 1 atom stereocenters. The lowest BCUT2D eigenvalue weighted by Crippen LogP contribution is -2.28. The van der Waals surface area contributed by atoms with Gasteiger partial charge in [-0.1, -0.05) is 200 Å². The van der Waals surface area contributed by atoms with Crippen LogP contribution >= 0.6 is 0 Å². The molecule has 0 rings (SSSR count). The number of aliphatic hydroxyl groups is 1. The zero-order valence-corrected chi connectivity index (χ0v) is 35.2. The highest BCUT2D eigenvalue weighted by molar-refractivity contribution is 5.81. The van der Waals surface area contributed by atoms with Gasteiger partial charge in [-0.2, -0.15) is 5.06 Å². The van der Waals surface area contributed by atoms with Crippen LogP contribution < -0.4 is 5.32 Å². The molecule has 0 saturated heterocycles. The monoisotopic (exact) mass is 739 g/mol. The first kappa shape index (κ1) is 50.8. The van der Waals surface area contributed by atoms with E-state index in [1.54, 1.807) is 7.05 Å². The molecule has 0 radical (unpaired) electrons. The maximum absolute atomic E-state index is 12.7. The normalized spacial score (nSPS) is 12.1. The third kappa shape index (κ3) is 40.0. The van der Waals surface area contributed by atoms with Crippen LogP contribution in [0.4, 0.5) is 0 Å². The minimum atomic E-state index is -0.245. The van der Waals surface area contributed by atoms with E-state index in [2.05, 4.69) is 19.2 Å². The van der Waals surface area contributed by atoms with E-state index in [0.717, 1.165) is 25.7 Å². The number of hydroxylamine groups is 2. The molecule has 0 aliphatic heterocycles. The summed E-state index contributed by atoms with van der Waals surface area (Å²) in [7, 11) is 1.65. The lowest BCUT2D eigenvalue weighted by atomic mass is 10.0. The molecule has 7 heteroatoms. The molecule has 0 aliphatic rings. The number of carbonyl (C=O) groups is 2. The number of nitrogens with zero attached hydrogens (tertiary/aromatic N) is 1. The summed E-state index contributed by atoms with van der Waals surface area (Å²) >= 11 is 0. The van der Waals surface area contributed by atoms with Crippen molar-refractivity contribution in [3.63, 3.8) is 0 Å². The molecule has 7 nitrogen and oxygen atoms in total. The molecule has 1 amide bonds. The second-order valence-corrected chi connectivity index (χ2v) is 15.7. The van der Waals surface area contributed by atoms with Crippen molar-refractivity contribution in [2.75, 3.05) is 26.9 Å². The number of hydrogen-bond donors (Lipinski definition) is 2. The molecular formula is C45H90N2O5. The molecule has 2 N–H and O–H groups in total. The van der Waals surface area contributed by atoms with E-state index in [9.17, 15) is 9.59 Å². The molecule has 0 aromatic rings. The standard InChI is InChI=1S/C45H90N2O5/c1-4-6-8-10-12-14-16-18-20-22-24-26-28-30-32-34-37-43(52-45(50)39-38-44(49)46-40-35-41-51-47(3)42-48)36-33-31-29-27-25-23-21-19-17-15-13-11-9-7-5-2/h43,48H,4-42H2,1-3H3,(H,46,49). The minimum Gasteiger partial charge on any atom is -0.462 e. The van der Waals surface area contributed by atoms with Crippen molar-refractivity contribution in [2.24, 2.45) is 0 Å². The van der Waals surface area contributed by atoms with Crippen LogP contribution in [-0.4, -0.2) is 55.1 Å². The molecule has 0 heterocycles. The summed E-state index contributed by atoms with van der Waals surface area (Å²) in [4.78, 5) is 30.2. The van der Waals surface area contributed by atoms with Crippen molar-refractivity contribution < 1.29 is 24.3 Å². The fourth-order valence-electron chi connectivity index (χ4n) is 7.04. The minimum absolute atomic E-state index is 0.0233. The van der Waals surface area contributed by atoms with Gasteiger partial charge in [-0.05, 0) is 32.1 Å². The topological polar surface area (TPSA) is 88.1 Å². The summed E-state index contributed by atoms with van der Waals surface area (Å²) in [5, 5.41) is 13.1.